The molecule has 152 valence electrons. The van der Waals surface area contributed by atoms with Crippen LogP contribution in [0.4, 0.5) is 0 Å². The fourth-order valence-corrected chi connectivity index (χ4v) is 4.26. The third-order valence-electron chi connectivity index (χ3n) is 5.96. The van der Waals surface area contributed by atoms with Gasteiger partial charge in [0, 0.05) is 19.6 Å². The van der Waals surface area contributed by atoms with Gasteiger partial charge in [0.25, 0.3) is 0 Å². The molecule has 0 radical (unpaired) electrons. The SMILES string of the molecule is CCOCCCCCCCCCCCCCCC1=C(C)C(=O)CC1(C)C. The summed E-state index contributed by atoms with van der Waals surface area (Å²) < 4.78 is 5.36. The van der Waals surface area contributed by atoms with E-state index in [1.54, 1.807) is 0 Å². The van der Waals surface area contributed by atoms with Crippen LogP contribution in [-0.2, 0) is 9.53 Å². The number of Topliss-reactive ketones (excluding diaryl/α,β-unsaturated/α-hetero) is 1. The van der Waals surface area contributed by atoms with Crippen molar-refractivity contribution in [1.82, 2.24) is 0 Å². The Kier molecular flexibility index (Phi) is 12.2. The first-order chi connectivity index (χ1) is 12.5. The normalized spacial score (nSPS) is 16.7. The molecule has 0 N–H and O–H groups in total. The smallest absolute Gasteiger partial charge is 0.159 e. The lowest BCUT2D eigenvalue weighted by molar-refractivity contribution is -0.115. The minimum Gasteiger partial charge on any atom is -0.382 e. The molecule has 0 aromatic heterocycles. The van der Waals surface area contributed by atoms with E-state index in [1.165, 1.54) is 82.6 Å². The van der Waals surface area contributed by atoms with Crippen molar-refractivity contribution in [3.8, 4) is 0 Å². The standard InChI is InChI=1S/C24H44O2/c1-5-26-19-17-15-13-11-9-7-6-8-10-12-14-16-18-22-21(2)23(25)20-24(22,3)4/h5-20H2,1-4H3. The van der Waals surface area contributed by atoms with Crippen molar-refractivity contribution >= 4 is 5.78 Å². The van der Waals surface area contributed by atoms with Gasteiger partial charge in [0.2, 0.25) is 0 Å². The molecule has 0 saturated heterocycles. The van der Waals surface area contributed by atoms with E-state index in [0.29, 0.717) is 5.78 Å². The second-order valence-corrected chi connectivity index (χ2v) is 8.78. The van der Waals surface area contributed by atoms with Gasteiger partial charge in [-0.1, -0.05) is 83.6 Å². The number of hydrogen-bond acceptors (Lipinski definition) is 2. The van der Waals surface area contributed by atoms with Crippen LogP contribution in [0.15, 0.2) is 11.1 Å². The molecular formula is C24H44O2. The van der Waals surface area contributed by atoms with Crippen LogP contribution in [0, 0.1) is 5.41 Å². The molecule has 2 heteroatoms. The van der Waals surface area contributed by atoms with E-state index in [4.69, 9.17) is 4.74 Å². The zero-order chi connectivity index (χ0) is 19.3. The van der Waals surface area contributed by atoms with Crippen LogP contribution in [0.3, 0.4) is 0 Å². The van der Waals surface area contributed by atoms with Gasteiger partial charge in [0.15, 0.2) is 5.78 Å². The molecule has 0 amide bonds. The predicted molar refractivity (Wildman–Crippen MR) is 113 cm³/mol. The summed E-state index contributed by atoms with van der Waals surface area (Å²) in [6.07, 6.45) is 18.1. The average Bonchev–Trinajstić information content (AvgIpc) is 2.79. The van der Waals surface area contributed by atoms with Crippen molar-refractivity contribution in [1.29, 1.82) is 0 Å². The van der Waals surface area contributed by atoms with Gasteiger partial charge in [-0.15, -0.1) is 0 Å². The first-order valence-corrected chi connectivity index (χ1v) is 11.3. The van der Waals surface area contributed by atoms with Gasteiger partial charge in [-0.3, -0.25) is 4.79 Å². The van der Waals surface area contributed by atoms with Gasteiger partial charge in [-0.05, 0) is 44.1 Å². The summed E-state index contributed by atoms with van der Waals surface area (Å²) in [4.78, 5) is 11.9. The Bertz CT molecular complexity index is 420. The fourth-order valence-electron chi connectivity index (χ4n) is 4.26. The third-order valence-corrected chi connectivity index (χ3v) is 5.96. The van der Waals surface area contributed by atoms with Crippen molar-refractivity contribution in [2.75, 3.05) is 13.2 Å². The maximum Gasteiger partial charge on any atom is 0.159 e. The van der Waals surface area contributed by atoms with Gasteiger partial charge in [0.05, 0.1) is 0 Å². The van der Waals surface area contributed by atoms with Gasteiger partial charge in [-0.2, -0.15) is 0 Å². The van der Waals surface area contributed by atoms with E-state index in [0.717, 1.165) is 31.6 Å². The molecule has 0 atom stereocenters. The largest absolute Gasteiger partial charge is 0.382 e. The molecule has 0 aromatic carbocycles. The summed E-state index contributed by atoms with van der Waals surface area (Å²) in [5.74, 6) is 0.374. The molecular weight excluding hydrogens is 320 g/mol. The number of carbonyl (C=O) groups excluding carboxylic acids is 1. The van der Waals surface area contributed by atoms with Crippen molar-refractivity contribution in [3.63, 3.8) is 0 Å². The van der Waals surface area contributed by atoms with Crippen molar-refractivity contribution in [3.05, 3.63) is 11.1 Å². The number of ketones is 1. The lowest BCUT2D eigenvalue weighted by atomic mass is 9.82. The highest BCUT2D eigenvalue weighted by Gasteiger charge is 2.35. The number of ether oxygens (including phenoxy) is 1. The quantitative estimate of drug-likeness (QED) is 0.266. The van der Waals surface area contributed by atoms with Crippen LogP contribution in [0.1, 0.15) is 118 Å². The van der Waals surface area contributed by atoms with Crippen LogP contribution in [-0.4, -0.2) is 19.0 Å². The second kappa shape index (κ2) is 13.5. The molecule has 26 heavy (non-hydrogen) atoms. The molecule has 0 fully saturated rings. The van der Waals surface area contributed by atoms with Gasteiger partial charge in [-0.25, -0.2) is 0 Å². The minimum absolute atomic E-state index is 0.115. The molecule has 0 spiro atoms. The first-order valence-electron chi connectivity index (χ1n) is 11.3. The van der Waals surface area contributed by atoms with E-state index >= 15 is 0 Å². The summed E-state index contributed by atoms with van der Waals surface area (Å²) in [7, 11) is 0. The molecule has 1 aliphatic carbocycles. The highest BCUT2D eigenvalue weighted by Crippen LogP contribution is 2.42. The third kappa shape index (κ3) is 9.35. The van der Waals surface area contributed by atoms with Crippen molar-refractivity contribution < 1.29 is 9.53 Å². The van der Waals surface area contributed by atoms with E-state index in [2.05, 4.69) is 20.8 Å². The number of hydrogen-bond donors (Lipinski definition) is 0. The van der Waals surface area contributed by atoms with Crippen LogP contribution >= 0.6 is 0 Å². The Labute approximate surface area is 163 Å². The predicted octanol–water partition coefficient (Wildman–Crippen LogP) is 7.41. The molecule has 1 rings (SSSR count). The summed E-state index contributed by atoms with van der Waals surface area (Å²) in [6, 6.07) is 0. The van der Waals surface area contributed by atoms with Crippen molar-refractivity contribution in [2.45, 2.75) is 118 Å². The molecule has 1 aliphatic rings. The maximum atomic E-state index is 11.9. The van der Waals surface area contributed by atoms with E-state index in [9.17, 15) is 4.79 Å². The topological polar surface area (TPSA) is 26.3 Å². The lowest BCUT2D eigenvalue weighted by Gasteiger charge is -2.22. The number of allylic oxidation sites excluding steroid dienone is 2. The Morgan fingerprint density at radius 1 is 0.808 bits per heavy atom. The Hall–Kier alpha value is -0.630. The maximum absolute atomic E-state index is 11.9. The van der Waals surface area contributed by atoms with Crippen LogP contribution < -0.4 is 0 Å². The monoisotopic (exact) mass is 364 g/mol. The zero-order valence-electron chi connectivity index (χ0n) is 18.1. The molecule has 0 bridgehead atoms. The van der Waals surface area contributed by atoms with Gasteiger partial charge < -0.3 is 4.74 Å². The van der Waals surface area contributed by atoms with Crippen LogP contribution in [0.2, 0.25) is 0 Å². The Balaban J connectivity index is 1.88. The molecule has 0 saturated carbocycles. The van der Waals surface area contributed by atoms with Crippen LogP contribution in [0.25, 0.3) is 0 Å². The summed E-state index contributed by atoms with van der Waals surface area (Å²) in [6.45, 7) is 10.4. The molecule has 2 nitrogen and oxygen atoms in total. The number of unbranched alkanes of at least 4 members (excludes halogenated alkanes) is 11. The lowest BCUT2D eigenvalue weighted by Crippen LogP contribution is -2.11. The highest BCUT2D eigenvalue weighted by molar-refractivity contribution is 5.99. The van der Waals surface area contributed by atoms with Crippen molar-refractivity contribution in [2.24, 2.45) is 5.41 Å². The van der Waals surface area contributed by atoms with E-state index < -0.39 is 0 Å². The summed E-state index contributed by atoms with van der Waals surface area (Å²) in [5, 5.41) is 0. The summed E-state index contributed by atoms with van der Waals surface area (Å²) >= 11 is 0. The Morgan fingerprint density at radius 3 is 1.69 bits per heavy atom. The Morgan fingerprint density at radius 2 is 1.27 bits per heavy atom. The average molecular weight is 365 g/mol. The van der Waals surface area contributed by atoms with E-state index in [-0.39, 0.29) is 5.41 Å². The molecule has 0 heterocycles. The van der Waals surface area contributed by atoms with Gasteiger partial charge in [0.1, 0.15) is 0 Å². The van der Waals surface area contributed by atoms with Gasteiger partial charge >= 0.3 is 0 Å². The second-order valence-electron chi connectivity index (χ2n) is 8.78. The van der Waals surface area contributed by atoms with Crippen LogP contribution in [0.5, 0.6) is 0 Å². The van der Waals surface area contributed by atoms with E-state index in [1.807, 2.05) is 6.92 Å². The zero-order valence-corrected chi connectivity index (χ0v) is 18.1. The fraction of sp³-hybridized carbons (Fsp3) is 0.875. The number of carbonyl (C=O) groups is 1. The molecule has 0 unspecified atom stereocenters. The minimum atomic E-state index is 0.115. The number of rotatable bonds is 16. The summed E-state index contributed by atoms with van der Waals surface area (Å²) in [5.41, 5.74) is 2.61. The first kappa shape index (κ1) is 23.4. The molecule has 0 aromatic rings. The highest BCUT2D eigenvalue weighted by atomic mass is 16.5. The molecule has 0 aliphatic heterocycles.